The van der Waals surface area contributed by atoms with Gasteiger partial charge in [-0.05, 0) is 12.6 Å². The molecule has 0 radical (unpaired) electrons. The highest BCUT2D eigenvalue weighted by atomic mass is 19.2. The zero-order valence-corrected chi connectivity index (χ0v) is 8.07. The van der Waals surface area contributed by atoms with Crippen molar-refractivity contribution in [2.45, 2.75) is 6.42 Å². The Morgan fingerprint density at radius 1 is 1.44 bits per heavy atom. The number of halogens is 2. The van der Waals surface area contributed by atoms with Gasteiger partial charge in [0, 0.05) is 18.1 Å². The van der Waals surface area contributed by atoms with Crippen molar-refractivity contribution in [1.82, 2.24) is 0 Å². The van der Waals surface area contributed by atoms with Crippen LogP contribution in [0.1, 0.15) is 16.8 Å². The molecule has 1 rings (SSSR count). The molecule has 0 aliphatic heterocycles. The molecule has 1 aromatic rings. The van der Waals surface area contributed by atoms with Gasteiger partial charge in [-0.15, -0.1) is 0 Å². The van der Waals surface area contributed by atoms with Crippen LogP contribution in [0.25, 0.3) is 0 Å². The van der Waals surface area contributed by atoms with E-state index < -0.39 is 28.0 Å². The SMILES string of the molecule is NCCC(=O)c1cc(F)c(F)c([N+](=O)[O-])c1. The summed E-state index contributed by atoms with van der Waals surface area (Å²) in [5.74, 6) is -3.56. The van der Waals surface area contributed by atoms with E-state index in [1.165, 1.54) is 0 Å². The molecule has 0 aliphatic rings. The summed E-state index contributed by atoms with van der Waals surface area (Å²) >= 11 is 0. The van der Waals surface area contributed by atoms with Gasteiger partial charge in [0.25, 0.3) is 0 Å². The van der Waals surface area contributed by atoms with Gasteiger partial charge in [0.2, 0.25) is 5.82 Å². The smallest absolute Gasteiger partial charge is 0.308 e. The fourth-order valence-corrected chi connectivity index (χ4v) is 1.14. The van der Waals surface area contributed by atoms with Crippen LogP contribution in [-0.4, -0.2) is 17.3 Å². The minimum atomic E-state index is -1.57. The molecule has 0 unspecified atom stereocenters. The first-order valence-corrected chi connectivity index (χ1v) is 4.34. The molecular formula is C9H8F2N2O3. The lowest BCUT2D eigenvalue weighted by Crippen LogP contribution is -2.09. The van der Waals surface area contributed by atoms with E-state index >= 15 is 0 Å². The molecule has 0 aromatic heterocycles. The van der Waals surface area contributed by atoms with Crippen molar-refractivity contribution in [2.75, 3.05) is 6.54 Å². The van der Waals surface area contributed by atoms with Crippen LogP contribution < -0.4 is 5.73 Å². The molecule has 0 spiro atoms. The molecule has 5 nitrogen and oxygen atoms in total. The van der Waals surface area contributed by atoms with Crippen molar-refractivity contribution in [3.05, 3.63) is 39.4 Å². The lowest BCUT2D eigenvalue weighted by atomic mass is 10.1. The van der Waals surface area contributed by atoms with E-state index in [0.29, 0.717) is 12.1 Å². The molecule has 0 heterocycles. The predicted molar refractivity (Wildman–Crippen MR) is 51.0 cm³/mol. The van der Waals surface area contributed by atoms with Crippen molar-refractivity contribution < 1.29 is 18.5 Å². The molecule has 2 N–H and O–H groups in total. The van der Waals surface area contributed by atoms with E-state index in [0.717, 1.165) is 0 Å². The lowest BCUT2D eigenvalue weighted by molar-refractivity contribution is -0.387. The maximum Gasteiger partial charge on any atom is 0.308 e. The van der Waals surface area contributed by atoms with Gasteiger partial charge in [-0.2, -0.15) is 4.39 Å². The van der Waals surface area contributed by atoms with Crippen LogP contribution in [-0.2, 0) is 0 Å². The molecule has 0 atom stereocenters. The largest absolute Gasteiger partial charge is 0.330 e. The summed E-state index contributed by atoms with van der Waals surface area (Å²) in [6.45, 7) is 0.0334. The molecular weight excluding hydrogens is 222 g/mol. The summed E-state index contributed by atoms with van der Waals surface area (Å²) in [5.41, 5.74) is 3.80. The fourth-order valence-electron chi connectivity index (χ4n) is 1.14. The third-order valence-electron chi connectivity index (χ3n) is 1.90. The Kier molecular flexibility index (Phi) is 3.62. The van der Waals surface area contributed by atoms with Crippen LogP contribution in [0.3, 0.4) is 0 Å². The minimum Gasteiger partial charge on any atom is -0.330 e. The van der Waals surface area contributed by atoms with Crippen molar-refractivity contribution in [1.29, 1.82) is 0 Å². The zero-order valence-electron chi connectivity index (χ0n) is 8.07. The van der Waals surface area contributed by atoms with Crippen LogP contribution in [0.4, 0.5) is 14.5 Å². The number of nitrogens with two attached hydrogens (primary N) is 1. The van der Waals surface area contributed by atoms with Crippen LogP contribution in [0, 0.1) is 21.7 Å². The average Bonchev–Trinajstić information content (AvgIpc) is 2.21. The van der Waals surface area contributed by atoms with Gasteiger partial charge in [-0.25, -0.2) is 4.39 Å². The van der Waals surface area contributed by atoms with E-state index in [2.05, 4.69) is 0 Å². The van der Waals surface area contributed by atoms with Gasteiger partial charge in [0.15, 0.2) is 11.6 Å². The van der Waals surface area contributed by atoms with Crippen LogP contribution in [0.5, 0.6) is 0 Å². The number of benzene rings is 1. The molecule has 0 saturated carbocycles. The minimum absolute atomic E-state index is 0.0334. The van der Waals surface area contributed by atoms with Gasteiger partial charge in [0.1, 0.15) is 0 Å². The number of nitro groups is 1. The van der Waals surface area contributed by atoms with E-state index in [1.807, 2.05) is 0 Å². The number of ketones is 1. The Labute approximate surface area is 89.0 Å². The first kappa shape index (κ1) is 12.2. The molecule has 7 heteroatoms. The van der Waals surface area contributed by atoms with Gasteiger partial charge < -0.3 is 5.73 Å². The summed E-state index contributed by atoms with van der Waals surface area (Å²) in [6.07, 6.45) is -0.0811. The molecule has 0 saturated heterocycles. The lowest BCUT2D eigenvalue weighted by Gasteiger charge is -2.01. The van der Waals surface area contributed by atoms with E-state index in [1.54, 1.807) is 0 Å². The maximum atomic E-state index is 12.9. The second-order valence-electron chi connectivity index (χ2n) is 3.01. The Bertz CT molecular complexity index is 449. The number of Topliss-reactive ketones (excluding diaryl/α,β-unsaturated/α-hetero) is 1. The quantitative estimate of drug-likeness (QED) is 0.481. The highest BCUT2D eigenvalue weighted by molar-refractivity contribution is 5.96. The standard InChI is InChI=1S/C9H8F2N2O3/c10-6-3-5(8(14)1-2-12)4-7(9(6)11)13(15)16/h3-4H,1-2,12H2. The summed E-state index contributed by atoms with van der Waals surface area (Å²) in [4.78, 5) is 20.6. The second-order valence-corrected chi connectivity index (χ2v) is 3.01. The van der Waals surface area contributed by atoms with Gasteiger partial charge in [-0.1, -0.05) is 0 Å². The Morgan fingerprint density at radius 3 is 2.56 bits per heavy atom. The molecule has 16 heavy (non-hydrogen) atoms. The first-order valence-electron chi connectivity index (χ1n) is 4.34. The number of hydrogen-bond donors (Lipinski definition) is 1. The number of hydrogen-bond acceptors (Lipinski definition) is 4. The molecule has 0 aliphatic carbocycles. The number of carbonyl (C=O) groups is 1. The average molecular weight is 230 g/mol. The van der Waals surface area contributed by atoms with E-state index in [-0.39, 0.29) is 18.5 Å². The predicted octanol–water partition coefficient (Wildman–Crippen LogP) is 1.40. The number of nitrogens with zero attached hydrogens (tertiary/aromatic N) is 1. The van der Waals surface area contributed by atoms with E-state index in [4.69, 9.17) is 5.73 Å². The topological polar surface area (TPSA) is 86.2 Å². The number of rotatable bonds is 4. The molecule has 0 bridgehead atoms. The van der Waals surface area contributed by atoms with Gasteiger partial charge >= 0.3 is 5.69 Å². The van der Waals surface area contributed by atoms with Crippen LogP contribution >= 0.6 is 0 Å². The third kappa shape index (κ3) is 2.37. The third-order valence-corrected chi connectivity index (χ3v) is 1.90. The normalized spacial score (nSPS) is 10.2. The Balaban J connectivity index is 3.24. The summed E-state index contributed by atoms with van der Waals surface area (Å²) in [7, 11) is 0. The number of nitro benzene ring substituents is 1. The monoisotopic (exact) mass is 230 g/mol. The van der Waals surface area contributed by atoms with Gasteiger partial charge in [0.05, 0.1) is 4.92 Å². The summed E-state index contributed by atoms with van der Waals surface area (Å²) < 4.78 is 25.9. The summed E-state index contributed by atoms with van der Waals surface area (Å²) in [6, 6.07) is 1.33. The highest BCUT2D eigenvalue weighted by Crippen LogP contribution is 2.22. The van der Waals surface area contributed by atoms with Crippen molar-refractivity contribution >= 4 is 11.5 Å². The molecule has 0 amide bonds. The number of carbonyl (C=O) groups excluding carboxylic acids is 1. The van der Waals surface area contributed by atoms with Crippen LogP contribution in [0.2, 0.25) is 0 Å². The van der Waals surface area contributed by atoms with Crippen molar-refractivity contribution in [3.8, 4) is 0 Å². The fraction of sp³-hybridized carbons (Fsp3) is 0.222. The second kappa shape index (κ2) is 4.75. The summed E-state index contributed by atoms with van der Waals surface area (Å²) in [5, 5.41) is 10.4. The van der Waals surface area contributed by atoms with Crippen molar-refractivity contribution in [3.63, 3.8) is 0 Å². The van der Waals surface area contributed by atoms with Gasteiger partial charge in [-0.3, -0.25) is 14.9 Å². The zero-order chi connectivity index (χ0) is 12.3. The van der Waals surface area contributed by atoms with Crippen LogP contribution in [0.15, 0.2) is 12.1 Å². The molecule has 0 fully saturated rings. The molecule has 1 aromatic carbocycles. The van der Waals surface area contributed by atoms with E-state index in [9.17, 15) is 23.7 Å². The first-order chi connectivity index (χ1) is 7.47. The van der Waals surface area contributed by atoms with Crippen molar-refractivity contribution in [2.24, 2.45) is 5.73 Å². The highest BCUT2D eigenvalue weighted by Gasteiger charge is 2.22. The Morgan fingerprint density at radius 2 is 2.06 bits per heavy atom. The maximum absolute atomic E-state index is 12.9. The molecule has 86 valence electrons. The Hall–Kier alpha value is -1.89.